The van der Waals surface area contributed by atoms with Crippen molar-refractivity contribution in [2.24, 2.45) is 0 Å². The summed E-state index contributed by atoms with van der Waals surface area (Å²) in [5.74, 6) is 1.65. The van der Waals surface area contributed by atoms with Crippen LogP contribution in [-0.4, -0.2) is 16.5 Å². The van der Waals surface area contributed by atoms with Crippen LogP contribution in [0.1, 0.15) is 37.8 Å². The van der Waals surface area contributed by atoms with E-state index in [4.69, 9.17) is 0 Å². The predicted octanol–water partition coefficient (Wildman–Crippen LogP) is 4.74. The highest BCUT2D eigenvalue weighted by Gasteiger charge is 2.26. The average Bonchev–Trinajstić information content (AvgIpc) is 3.32. The van der Waals surface area contributed by atoms with Gasteiger partial charge in [0.15, 0.2) is 5.82 Å². The Morgan fingerprint density at radius 3 is 2.76 bits per heavy atom. The fourth-order valence-electron chi connectivity index (χ4n) is 2.16. The molecular weight excluding hydrogens is 333 g/mol. The maximum Gasteiger partial charge on any atom is 0.161 e. The normalized spacial score (nSPS) is 14.2. The van der Waals surface area contributed by atoms with Gasteiger partial charge in [-0.3, -0.25) is 0 Å². The van der Waals surface area contributed by atoms with E-state index < -0.39 is 0 Å². The van der Waals surface area contributed by atoms with Crippen LogP contribution in [0, 0.1) is 5.82 Å². The summed E-state index contributed by atoms with van der Waals surface area (Å²) in [5, 5.41) is 3.30. The second-order valence-electron chi connectivity index (χ2n) is 5.33. The lowest BCUT2D eigenvalue weighted by molar-refractivity contribution is 0.621. The van der Waals surface area contributed by atoms with Gasteiger partial charge in [0.25, 0.3) is 0 Å². The van der Waals surface area contributed by atoms with Crippen LogP contribution in [0.15, 0.2) is 28.7 Å². The zero-order valence-corrected chi connectivity index (χ0v) is 13.5. The molecule has 0 bridgehead atoms. The largest absolute Gasteiger partial charge is 0.370 e. The summed E-state index contributed by atoms with van der Waals surface area (Å²) in [7, 11) is 0. The lowest BCUT2D eigenvalue weighted by Gasteiger charge is -2.09. The van der Waals surface area contributed by atoms with Gasteiger partial charge in [0.2, 0.25) is 0 Å². The van der Waals surface area contributed by atoms with E-state index in [0.717, 1.165) is 24.5 Å². The van der Waals surface area contributed by atoms with Gasteiger partial charge in [-0.05, 0) is 53.4 Å². The number of nitrogens with one attached hydrogen (secondary N) is 1. The number of nitrogens with zero attached hydrogens (tertiary/aromatic N) is 2. The van der Waals surface area contributed by atoms with E-state index in [-0.39, 0.29) is 5.82 Å². The first-order chi connectivity index (χ1) is 10.2. The third-order valence-electron chi connectivity index (χ3n) is 3.48. The van der Waals surface area contributed by atoms with Crippen molar-refractivity contribution in [1.82, 2.24) is 9.97 Å². The van der Waals surface area contributed by atoms with Crippen molar-refractivity contribution < 1.29 is 4.39 Å². The third kappa shape index (κ3) is 3.40. The Kier molecular flexibility index (Phi) is 4.19. The van der Waals surface area contributed by atoms with E-state index in [1.807, 2.05) is 12.1 Å². The smallest absolute Gasteiger partial charge is 0.161 e. The Hall–Kier alpha value is -1.49. The molecule has 0 unspecified atom stereocenters. The van der Waals surface area contributed by atoms with Crippen molar-refractivity contribution in [3.63, 3.8) is 0 Å². The molecule has 1 fully saturated rings. The molecule has 0 spiro atoms. The zero-order chi connectivity index (χ0) is 14.8. The van der Waals surface area contributed by atoms with Crippen LogP contribution in [0.2, 0.25) is 0 Å². The van der Waals surface area contributed by atoms with Gasteiger partial charge in [0.05, 0.1) is 4.47 Å². The van der Waals surface area contributed by atoms with Gasteiger partial charge in [-0.15, -0.1) is 0 Å². The monoisotopic (exact) mass is 349 g/mol. The molecule has 1 aromatic carbocycles. The summed E-state index contributed by atoms with van der Waals surface area (Å²) in [6.07, 6.45) is 3.39. The minimum atomic E-state index is -0.295. The van der Waals surface area contributed by atoms with Gasteiger partial charge in [-0.2, -0.15) is 0 Å². The standard InChI is InChI=1S/C16H17BrFN3/c1-2-7-19-15-9-14(10-3-4-10)20-16(21-15)11-5-6-12(17)13(18)8-11/h5-6,8-10H,2-4,7H2,1H3,(H,19,20,21). The first-order valence-corrected chi connectivity index (χ1v) is 8.05. The summed E-state index contributed by atoms with van der Waals surface area (Å²) in [6, 6.07) is 7.02. The van der Waals surface area contributed by atoms with Crippen LogP contribution in [0.25, 0.3) is 11.4 Å². The number of benzene rings is 1. The first-order valence-electron chi connectivity index (χ1n) is 7.25. The molecule has 1 saturated carbocycles. The molecule has 21 heavy (non-hydrogen) atoms. The zero-order valence-electron chi connectivity index (χ0n) is 11.9. The molecule has 1 aromatic heterocycles. The lowest BCUT2D eigenvalue weighted by Crippen LogP contribution is -2.05. The Balaban J connectivity index is 1.99. The summed E-state index contributed by atoms with van der Waals surface area (Å²) in [5.41, 5.74) is 1.76. The molecule has 1 heterocycles. The predicted molar refractivity (Wildman–Crippen MR) is 85.9 cm³/mol. The second kappa shape index (κ2) is 6.10. The highest BCUT2D eigenvalue weighted by atomic mass is 79.9. The van der Waals surface area contributed by atoms with E-state index >= 15 is 0 Å². The highest BCUT2D eigenvalue weighted by molar-refractivity contribution is 9.10. The third-order valence-corrected chi connectivity index (χ3v) is 4.12. The second-order valence-corrected chi connectivity index (χ2v) is 6.19. The molecule has 3 rings (SSSR count). The molecule has 1 N–H and O–H groups in total. The molecule has 1 aliphatic rings. The quantitative estimate of drug-likeness (QED) is 0.846. The van der Waals surface area contributed by atoms with E-state index in [0.29, 0.717) is 21.8 Å². The van der Waals surface area contributed by atoms with Gasteiger partial charge in [-0.1, -0.05) is 6.92 Å². The SMILES string of the molecule is CCCNc1cc(C2CC2)nc(-c2ccc(Br)c(F)c2)n1. The van der Waals surface area contributed by atoms with Crippen molar-refractivity contribution in [2.45, 2.75) is 32.1 Å². The Morgan fingerprint density at radius 1 is 1.29 bits per heavy atom. The van der Waals surface area contributed by atoms with Crippen molar-refractivity contribution >= 4 is 21.7 Å². The first kappa shape index (κ1) is 14.4. The fourth-order valence-corrected chi connectivity index (χ4v) is 2.41. The van der Waals surface area contributed by atoms with Crippen molar-refractivity contribution in [1.29, 1.82) is 0 Å². The number of hydrogen-bond acceptors (Lipinski definition) is 3. The van der Waals surface area contributed by atoms with Gasteiger partial charge in [0, 0.05) is 29.8 Å². The van der Waals surface area contributed by atoms with Gasteiger partial charge in [0.1, 0.15) is 11.6 Å². The van der Waals surface area contributed by atoms with Crippen molar-refractivity contribution in [3.05, 3.63) is 40.2 Å². The Morgan fingerprint density at radius 2 is 2.10 bits per heavy atom. The molecule has 3 nitrogen and oxygen atoms in total. The number of halogens is 2. The number of anilines is 1. The summed E-state index contributed by atoms with van der Waals surface area (Å²) >= 11 is 3.17. The van der Waals surface area contributed by atoms with Gasteiger partial charge in [-0.25, -0.2) is 14.4 Å². The summed E-state index contributed by atoms with van der Waals surface area (Å²) in [4.78, 5) is 9.13. The molecule has 110 valence electrons. The lowest BCUT2D eigenvalue weighted by atomic mass is 10.2. The van der Waals surface area contributed by atoms with Crippen LogP contribution in [0.3, 0.4) is 0 Å². The van der Waals surface area contributed by atoms with Gasteiger partial charge < -0.3 is 5.32 Å². The topological polar surface area (TPSA) is 37.8 Å². The van der Waals surface area contributed by atoms with E-state index in [9.17, 15) is 4.39 Å². The average molecular weight is 350 g/mol. The number of hydrogen-bond donors (Lipinski definition) is 1. The fraction of sp³-hybridized carbons (Fsp3) is 0.375. The van der Waals surface area contributed by atoms with Crippen molar-refractivity contribution in [3.8, 4) is 11.4 Å². The van der Waals surface area contributed by atoms with Crippen LogP contribution in [0.5, 0.6) is 0 Å². The molecule has 0 atom stereocenters. The highest BCUT2D eigenvalue weighted by Crippen LogP contribution is 2.40. The Labute approximate surface area is 132 Å². The van der Waals surface area contributed by atoms with E-state index in [1.54, 1.807) is 6.07 Å². The minimum absolute atomic E-state index is 0.295. The van der Waals surface area contributed by atoms with E-state index in [2.05, 4.69) is 38.1 Å². The molecule has 2 aromatic rings. The molecular formula is C16H17BrFN3. The van der Waals surface area contributed by atoms with Crippen LogP contribution in [0.4, 0.5) is 10.2 Å². The van der Waals surface area contributed by atoms with E-state index in [1.165, 1.54) is 18.9 Å². The maximum absolute atomic E-state index is 13.7. The van der Waals surface area contributed by atoms with Crippen LogP contribution < -0.4 is 5.32 Å². The molecule has 0 radical (unpaired) electrons. The maximum atomic E-state index is 13.7. The summed E-state index contributed by atoms with van der Waals surface area (Å²) < 4.78 is 14.2. The molecule has 0 amide bonds. The molecule has 0 aliphatic heterocycles. The van der Waals surface area contributed by atoms with Gasteiger partial charge >= 0.3 is 0 Å². The molecule has 5 heteroatoms. The molecule has 1 aliphatic carbocycles. The number of rotatable bonds is 5. The molecule has 0 saturated heterocycles. The van der Waals surface area contributed by atoms with Crippen molar-refractivity contribution in [2.75, 3.05) is 11.9 Å². The minimum Gasteiger partial charge on any atom is -0.370 e. The van der Waals surface area contributed by atoms with Crippen LogP contribution in [-0.2, 0) is 0 Å². The van der Waals surface area contributed by atoms with Crippen LogP contribution >= 0.6 is 15.9 Å². The number of aromatic nitrogens is 2. The Bertz CT molecular complexity index is 656. The summed E-state index contributed by atoms with van der Waals surface area (Å²) in [6.45, 7) is 2.98.